The minimum Gasteiger partial charge on any atom is -0.372 e. The fraction of sp³-hybridized carbons (Fsp3) is 0.545. The molecule has 6 nitrogen and oxygen atoms in total. The van der Waals surface area contributed by atoms with E-state index in [1.807, 2.05) is 13.0 Å². The van der Waals surface area contributed by atoms with Crippen LogP contribution in [0.25, 0.3) is 0 Å². The molecule has 3 rings (SSSR count). The summed E-state index contributed by atoms with van der Waals surface area (Å²) < 4.78 is 0. The lowest BCUT2D eigenvalue weighted by Crippen LogP contribution is -2.46. The Bertz CT molecular complexity index is 779. The van der Waals surface area contributed by atoms with E-state index in [4.69, 9.17) is 4.98 Å². The highest BCUT2D eigenvalue weighted by molar-refractivity contribution is 5.66. The van der Waals surface area contributed by atoms with Gasteiger partial charge in [0, 0.05) is 62.4 Å². The zero-order valence-corrected chi connectivity index (χ0v) is 18.0. The molecule has 1 fully saturated rings. The summed E-state index contributed by atoms with van der Waals surface area (Å²) in [4.78, 5) is 16.6. The molecule has 2 heterocycles. The van der Waals surface area contributed by atoms with Crippen molar-refractivity contribution in [2.45, 2.75) is 34.6 Å². The van der Waals surface area contributed by atoms with Crippen LogP contribution in [-0.4, -0.2) is 60.7 Å². The van der Waals surface area contributed by atoms with Gasteiger partial charge in [0.1, 0.15) is 5.82 Å². The molecule has 152 valence electrons. The molecule has 0 bridgehead atoms. The molecule has 0 spiro atoms. The normalized spacial score (nSPS) is 15.0. The maximum atomic E-state index is 4.81. The van der Waals surface area contributed by atoms with Crippen molar-refractivity contribution in [1.29, 1.82) is 0 Å². The van der Waals surface area contributed by atoms with Crippen molar-refractivity contribution in [3.05, 3.63) is 35.5 Å². The molecule has 0 atom stereocenters. The maximum absolute atomic E-state index is 4.81. The average molecular weight is 383 g/mol. The van der Waals surface area contributed by atoms with Crippen molar-refractivity contribution in [3.63, 3.8) is 0 Å². The van der Waals surface area contributed by atoms with Crippen LogP contribution in [0.5, 0.6) is 0 Å². The zero-order chi connectivity index (χ0) is 20.1. The fourth-order valence-electron chi connectivity index (χ4n) is 3.73. The second-order valence-corrected chi connectivity index (χ2v) is 7.41. The Morgan fingerprint density at radius 2 is 1.68 bits per heavy atom. The van der Waals surface area contributed by atoms with Gasteiger partial charge in [-0.05, 0) is 58.0 Å². The highest BCUT2D eigenvalue weighted by Gasteiger charge is 2.18. The molecule has 0 amide bonds. The monoisotopic (exact) mass is 382 g/mol. The third-order valence-corrected chi connectivity index (χ3v) is 5.55. The van der Waals surface area contributed by atoms with Crippen LogP contribution >= 0.6 is 0 Å². The van der Waals surface area contributed by atoms with Crippen LogP contribution < -0.4 is 15.1 Å². The number of aromatic nitrogens is 2. The van der Waals surface area contributed by atoms with E-state index in [0.29, 0.717) is 0 Å². The number of rotatable bonds is 7. The second kappa shape index (κ2) is 9.24. The third-order valence-electron chi connectivity index (χ3n) is 5.55. The average Bonchev–Trinajstić information content (AvgIpc) is 2.70. The van der Waals surface area contributed by atoms with Gasteiger partial charge in [-0.15, -0.1) is 0 Å². The van der Waals surface area contributed by atoms with Gasteiger partial charge in [0.2, 0.25) is 5.95 Å². The van der Waals surface area contributed by atoms with E-state index >= 15 is 0 Å². The standard InChI is InChI=1S/C22H34N6/c1-6-26-11-13-28(14-12-26)22-23-18(5)16-21(25-22)24-20-10-9-19(15-17(20)4)27(7-2)8-3/h9-10,15-16H,6-8,11-14H2,1-5H3,(H,23,24,25). The molecule has 1 aromatic heterocycles. The van der Waals surface area contributed by atoms with Gasteiger partial charge >= 0.3 is 0 Å². The SMILES string of the molecule is CCN1CCN(c2nc(C)cc(Nc3ccc(N(CC)CC)cc3C)n2)CC1. The first-order chi connectivity index (χ1) is 13.5. The third kappa shape index (κ3) is 4.73. The van der Waals surface area contributed by atoms with Gasteiger partial charge in [0.05, 0.1) is 0 Å². The van der Waals surface area contributed by atoms with Gasteiger partial charge in [-0.3, -0.25) is 0 Å². The van der Waals surface area contributed by atoms with Crippen molar-refractivity contribution in [1.82, 2.24) is 14.9 Å². The van der Waals surface area contributed by atoms with Crippen molar-refractivity contribution in [2.75, 3.05) is 60.9 Å². The fourth-order valence-corrected chi connectivity index (χ4v) is 3.73. The molecule has 1 aliphatic heterocycles. The smallest absolute Gasteiger partial charge is 0.227 e. The maximum Gasteiger partial charge on any atom is 0.227 e. The van der Waals surface area contributed by atoms with Crippen LogP contribution in [0.1, 0.15) is 32.0 Å². The topological polar surface area (TPSA) is 47.5 Å². The van der Waals surface area contributed by atoms with E-state index < -0.39 is 0 Å². The molecule has 1 saturated heterocycles. The first-order valence-corrected chi connectivity index (χ1v) is 10.5. The molecule has 6 heteroatoms. The molecular weight excluding hydrogens is 348 g/mol. The number of benzene rings is 1. The van der Waals surface area contributed by atoms with Crippen LogP contribution in [0.15, 0.2) is 24.3 Å². The molecule has 0 aliphatic carbocycles. The first-order valence-electron chi connectivity index (χ1n) is 10.5. The van der Waals surface area contributed by atoms with E-state index in [0.717, 1.165) is 69.0 Å². The number of anilines is 4. The van der Waals surface area contributed by atoms with Gasteiger partial charge in [0.15, 0.2) is 0 Å². The van der Waals surface area contributed by atoms with Crippen molar-refractivity contribution < 1.29 is 0 Å². The summed E-state index contributed by atoms with van der Waals surface area (Å²) in [5, 5.41) is 3.51. The van der Waals surface area contributed by atoms with E-state index in [9.17, 15) is 0 Å². The summed E-state index contributed by atoms with van der Waals surface area (Å²) in [6, 6.07) is 8.60. The molecule has 2 aromatic rings. The van der Waals surface area contributed by atoms with Gasteiger partial charge in [-0.1, -0.05) is 6.92 Å². The minimum absolute atomic E-state index is 0.829. The van der Waals surface area contributed by atoms with Crippen LogP contribution in [0.3, 0.4) is 0 Å². The van der Waals surface area contributed by atoms with Crippen LogP contribution in [-0.2, 0) is 0 Å². The summed E-state index contributed by atoms with van der Waals surface area (Å²) in [6.07, 6.45) is 0. The number of nitrogens with zero attached hydrogens (tertiary/aromatic N) is 5. The Kier molecular flexibility index (Phi) is 6.73. The Morgan fingerprint density at radius 1 is 0.964 bits per heavy atom. The molecule has 1 aromatic carbocycles. The van der Waals surface area contributed by atoms with E-state index in [1.54, 1.807) is 0 Å². The van der Waals surface area contributed by atoms with Gasteiger partial charge in [-0.2, -0.15) is 4.98 Å². The quantitative estimate of drug-likeness (QED) is 0.785. The number of likely N-dealkylation sites (N-methyl/N-ethyl adjacent to an activating group) is 1. The van der Waals surface area contributed by atoms with Gasteiger partial charge in [-0.25, -0.2) is 4.98 Å². The number of nitrogens with one attached hydrogen (secondary N) is 1. The van der Waals surface area contributed by atoms with Crippen molar-refractivity contribution >= 4 is 23.1 Å². The Balaban J connectivity index is 1.77. The molecule has 1 aliphatic rings. The van der Waals surface area contributed by atoms with Gasteiger partial charge in [0.25, 0.3) is 0 Å². The van der Waals surface area contributed by atoms with Crippen molar-refractivity contribution in [2.24, 2.45) is 0 Å². The zero-order valence-electron chi connectivity index (χ0n) is 18.0. The second-order valence-electron chi connectivity index (χ2n) is 7.41. The highest BCUT2D eigenvalue weighted by Crippen LogP contribution is 2.26. The predicted molar refractivity (Wildman–Crippen MR) is 119 cm³/mol. The minimum atomic E-state index is 0.829. The predicted octanol–water partition coefficient (Wildman–Crippen LogP) is 3.83. The summed E-state index contributed by atoms with van der Waals surface area (Å²) in [5.41, 5.74) is 4.57. The number of piperazine rings is 1. The summed E-state index contributed by atoms with van der Waals surface area (Å²) in [7, 11) is 0. The van der Waals surface area contributed by atoms with Crippen molar-refractivity contribution in [3.8, 4) is 0 Å². The number of aryl methyl sites for hydroxylation is 2. The molecule has 0 radical (unpaired) electrons. The van der Waals surface area contributed by atoms with Crippen LogP contribution in [0, 0.1) is 13.8 Å². The molecule has 0 unspecified atom stereocenters. The lowest BCUT2D eigenvalue weighted by Gasteiger charge is -2.34. The first kappa shape index (κ1) is 20.4. The summed E-state index contributed by atoms with van der Waals surface area (Å²) in [5.74, 6) is 1.69. The number of hydrogen-bond acceptors (Lipinski definition) is 6. The molecule has 0 saturated carbocycles. The van der Waals surface area contributed by atoms with Gasteiger partial charge < -0.3 is 20.0 Å². The summed E-state index contributed by atoms with van der Waals surface area (Å²) in [6.45, 7) is 18.0. The van der Waals surface area contributed by atoms with E-state index in [2.05, 4.69) is 70.9 Å². The van der Waals surface area contributed by atoms with E-state index in [-0.39, 0.29) is 0 Å². The Morgan fingerprint density at radius 3 is 2.29 bits per heavy atom. The molecule has 28 heavy (non-hydrogen) atoms. The summed E-state index contributed by atoms with van der Waals surface area (Å²) >= 11 is 0. The van der Waals surface area contributed by atoms with Crippen LogP contribution in [0.4, 0.5) is 23.1 Å². The lowest BCUT2D eigenvalue weighted by atomic mass is 10.1. The highest BCUT2D eigenvalue weighted by atomic mass is 15.3. The molecule has 1 N–H and O–H groups in total. The largest absolute Gasteiger partial charge is 0.372 e. The van der Waals surface area contributed by atoms with Crippen LogP contribution in [0.2, 0.25) is 0 Å². The number of hydrogen-bond donors (Lipinski definition) is 1. The van der Waals surface area contributed by atoms with E-state index in [1.165, 1.54) is 11.3 Å². The molecular formula is C22H34N6. The Labute approximate surface area is 169 Å². The Hall–Kier alpha value is -2.34. The lowest BCUT2D eigenvalue weighted by molar-refractivity contribution is 0.270.